The molecule has 4 rings (SSSR count). The van der Waals surface area contributed by atoms with Crippen molar-refractivity contribution in [2.75, 3.05) is 46.5 Å². The van der Waals surface area contributed by atoms with E-state index in [1.807, 2.05) is 4.90 Å². The minimum Gasteiger partial charge on any atom is -0.508 e. The first-order valence-corrected chi connectivity index (χ1v) is 9.12. The average molecular weight is 346 g/mol. The highest BCUT2D eigenvalue weighted by Gasteiger charge is 2.33. The number of hydrogen-bond donors (Lipinski definition) is 1. The molecule has 1 aliphatic carbocycles. The fourth-order valence-corrected chi connectivity index (χ4v) is 3.69. The van der Waals surface area contributed by atoms with Gasteiger partial charge >= 0.3 is 0 Å². The molecule has 1 N–H and O–H groups in total. The van der Waals surface area contributed by atoms with Gasteiger partial charge in [0.15, 0.2) is 0 Å². The minimum absolute atomic E-state index is 0.0422. The molecule has 6 heteroatoms. The summed E-state index contributed by atoms with van der Waals surface area (Å²) in [5.41, 5.74) is 0.495. The Morgan fingerprint density at radius 2 is 2.08 bits per heavy atom. The molecular formula is C19H26N2O4. The molecule has 1 saturated carbocycles. The van der Waals surface area contributed by atoms with Gasteiger partial charge in [0.05, 0.1) is 25.9 Å². The maximum Gasteiger partial charge on any atom is 0.254 e. The largest absolute Gasteiger partial charge is 0.508 e. The number of phenols is 1. The van der Waals surface area contributed by atoms with Crippen LogP contribution >= 0.6 is 0 Å². The summed E-state index contributed by atoms with van der Waals surface area (Å²) in [6, 6.07) is 5.09. The molecule has 1 aromatic carbocycles. The third-order valence-corrected chi connectivity index (χ3v) is 5.35. The van der Waals surface area contributed by atoms with Crippen LogP contribution in [0.5, 0.6) is 11.5 Å². The van der Waals surface area contributed by atoms with Gasteiger partial charge in [0.2, 0.25) is 0 Å². The maximum atomic E-state index is 13.0. The van der Waals surface area contributed by atoms with Crippen LogP contribution in [-0.4, -0.2) is 73.4 Å². The second kappa shape index (κ2) is 6.84. The summed E-state index contributed by atoms with van der Waals surface area (Å²) >= 11 is 0. The van der Waals surface area contributed by atoms with E-state index in [1.54, 1.807) is 12.1 Å². The maximum absolute atomic E-state index is 13.0. The summed E-state index contributed by atoms with van der Waals surface area (Å²) in [6.45, 7) is 4.30. The number of carbonyl (C=O) groups excluding carboxylic acids is 1. The molecule has 2 aliphatic heterocycles. The predicted molar refractivity (Wildman–Crippen MR) is 93.0 cm³/mol. The van der Waals surface area contributed by atoms with E-state index in [1.165, 1.54) is 18.9 Å². The molecule has 3 aliphatic rings. The zero-order valence-corrected chi connectivity index (χ0v) is 14.7. The third-order valence-electron chi connectivity index (χ3n) is 5.35. The zero-order chi connectivity index (χ0) is 17.4. The quantitative estimate of drug-likeness (QED) is 0.897. The number of benzene rings is 1. The molecule has 2 heterocycles. The predicted octanol–water partition coefficient (Wildman–Crippen LogP) is 1.58. The number of amides is 1. The highest BCUT2D eigenvalue weighted by atomic mass is 16.5. The van der Waals surface area contributed by atoms with Crippen LogP contribution in [0.4, 0.5) is 0 Å². The van der Waals surface area contributed by atoms with Crippen molar-refractivity contribution < 1.29 is 19.4 Å². The van der Waals surface area contributed by atoms with Crippen molar-refractivity contribution >= 4 is 5.91 Å². The van der Waals surface area contributed by atoms with Gasteiger partial charge in [-0.25, -0.2) is 0 Å². The Bertz CT molecular complexity index is 646. The van der Waals surface area contributed by atoms with Gasteiger partial charge < -0.3 is 19.5 Å². The normalized spacial score (nSPS) is 27.0. The number of ether oxygens (including phenoxy) is 2. The van der Waals surface area contributed by atoms with Crippen LogP contribution in [0.25, 0.3) is 0 Å². The van der Waals surface area contributed by atoms with Crippen molar-refractivity contribution in [2.24, 2.45) is 11.8 Å². The van der Waals surface area contributed by atoms with Gasteiger partial charge in [-0.05, 0) is 37.9 Å². The number of carbonyl (C=O) groups is 1. The average Bonchev–Trinajstić information content (AvgIpc) is 3.39. The van der Waals surface area contributed by atoms with Crippen molar-refractivity contribution in [3.8, 4) is 11.5 Å². The lowest BCUT2D eigenvalue weighted by Gasteiger charge is -2.30. The Labute approximate surface area is 148 Å². The van der Waals surface area contributed by atoms with Crippen LogP contribution in [0.1, 0.15) is 23.2 Å². The van der Waals surface area contributed by atoms with Crippen molar-refractivity contribution in [2.45, 2.75) is 18.9 Å². The molecule has 0 aromatic heterocycles. The molecule has 25 heavy (non-hydrogen) atoms. The molecule has 3 fully saturated rings. The summed E-state index contributed by atoms with van der Waals surface area (Å²) in [5, 5.41) is 10.0. The molecule has 6 nitrogen and oxygen atoms in total. The summed E-state index contributed by atoms with van der Waals surface area (Å²) in [7, 11) is 2.10. The Morgan fingerprint density at radius 1 is 1.24 bits per heavy atom. The number of nitrogens with zero attached hydrogens (tertiary/aromatic N) is 2. The molecule has 2 atom stereocenters. The standard InChI is InChI=1S/C19H26N2O4/c1-20-7-14-8-21(9-16(20)12-24-10-14)19(23)15-4-17(22)6-18(5-15)25-11-13-2-3-13/h4-6,13-14,16,22H,2-3,7-12H2,1H3/t14-,16+/m1/s1. The van der Waals surface area contributed by atoms with Gasteiger partial charge in [-0.15, -0.1) is 0 Å². The molecule has 0 spiro atoms. The second-order valence-corrected chi connectivity index (χ2v) is 7.68. The first-order valence-electron chi connectivity index (χ1n) is 9.12. The number of fused-ring (bicyclic) bond motifs is 3. The lowest BCUT2D eigenvalue weighted by atomic mass is 10.1. The smallest absolute Gasteiger partial charge is 0.254 e. The molecule has 2 saturated heterocycles. The molecule has 136 valence electrons. The summed E-state index contributed by atoms with van der Waals surface area (Å²) in [5.74, 6) is 1.56. The van der Waals surface area contributed by atoms with Gasteiger partial charge in [-0.2, -0.15) is 0 Å². The highest BCUT2D eigenvalue weighted by Crippen LogP contribution is 2.31. The van der Waals surface area contributed by atoms with Gasteiger partial charge in [-0.3, -0.25) is 9.69 Å². The Kier molecular flexibility index (Phi) is 4.56. The van der Waals surface area contributed by atoms with E-state index in [2.05, 4.69) is 11.9 Å². The van der Waals surface area contributed by atoms with Crippen LogP contribution in [0.3, 0.4) is 0 Å². The van der Waals surface area contributed by atoms with Crippen molar-refractivity contribution in [3.63, 3.8) is 0 Å². The van der Waals surface area contributed by atoms with Crippen molar-refractivity contribution in [1.82, 2.24) is 9.80 Å². The highest BCUT2D eigenvalue weighted by molar-refractivity contribution is 5.95. The van der Waals surface area contributed by atoms with Gasteiger partial charge in [0.1, 0.15) is 11.5 Å². The number of aromatic hydroxyl groups is 1. The number of phenolic OH excluding ortho intramolecular Hbond substituents is 1. The van der Waals surface area contributed by atoms with Crippen LogP contribution in [0, 0.1) is 11.8 Å². The fraction of sp³-hybridized carbons (Fsp3) is 0.632. The van der Waals surface area contributed by atoms with E-state index in [9.17, 15) is 9.90 Å². The molecule has 0 radical (unpaired) electrons. The van der Waals surface area contributed by atoms with E-state index in [-0.39, 0.29) is 17.7 Å². The minimum atomic E-state index is -0.0422. The topological polar surface area (TPSA) is 62.2 Å². The Balaban J connectivity index is 1.51. The monoisotopic (exact) mass is 346 g/mol. The van der Waals surface area contributed by atoms with Gasteiger partial charge in [0, 0.05) is 37.2 Å². The number of likely N-dealkylation sites (N-methyl/N-ethyl adjacent to an activating group) is 1. The third kappa shape index (κ3) is 3.90. The van der Waals surface area contributed by atoms with Gasteiger partial charge in [0.25, 0.3) is 5.91 Å². The van der Waals surface area contributed by atoms with E-state index in [0.29, 0.717) is 56.1 Å². The number of rotatable bonds is 4. The van der Waals surface area contributed by atoms with Gasteiger partial charge in [-0.1, -0.05) is 0 Å². The van der Waals surface area contributed by atoms with Crippen LogP contribution < -0.4 is 4.74 Å². The first-order chi connectivity index (χ1) is 12.1. The van der Waals surface area contributed by atoms with E-state index in [4.69, 9.17) is 9.47 Å². The second-order valence-electron chi connectivity index (χ2n) is 7.68. The summed E-state index contributed by atoms with van der Waals surface area (Å²) in [6.07, 6.45) is 2.41. The summed E-state index contributed by atoms with van der Waals surface area (Å²) in [4.78, 5) is 17.2. The zero-order valence-electron chi connectivity index (χ0n) is 14.7. The SMILES string of the molecule is CN1C[C@H]2COC[C@@H]1CN(C(=O)c1cc(O)cc(OCC3CC3)c1)C2. The Hall–Kier alpha value is -1.79. The molecule has 0 unspecified atom stereocenters. The lowest BCUT2D eigenvalue weighted by molar-refractivity contribution is 0.0433. The molecule has 1 aromatic rings. The van der Waals surface area contributed by atoms with E-state index in [0.717, 1.165) is 6.54 Å². The van der Waals surface area contributed by atoms with Crippen LogP contribution in [-0.2, 0) is 4.74 Å². The summed E-state index contributed by atoms with van der Waals surface area (Å²) < 4.78 is 11.5. The van der Waals surface area contributed by atoms with Crippen LogP contribution in [0.2, 0.25) is 0 Å². The van der Waals surface area contributed by atoms with E-state index >= 15 is 0 Å². The van der Waals surface area contributed by atoms with Crippen LogP contribution in [0.15, 0.2) is 18.2 Å². The Morgan fingerprint density at radius 3 is 2.88 bits per heavy atom. The lowest BCUT2D eigenvalue weighted by Crippen LogP contribution is -2.44. The van der Waals surface area contributed by atoms with E-state index < -0.39 is 0 Å². The number of hydrogen-bond acceptors (Lipinski definition) is 5. The first kappa shape index (κ1) is 16.7. The fourth-order valence-electron chi connectivity index (χ4n) is 3.69. The molecule has 2 bridgehead atoms. The van der Waals surface area contributed by atoms with Crippen molar-refractivity contribution in [1.29, 1.82) is 0 Å². The van der Waals surface area contributed by atoms with Crippen molar-refractivity contribution in [3.05, 3.63) is 23.8 Å². The molecular weight excluding hydrogens is 320 g/mol. The molecule has 1 amide bonds.